The van der Waals surface area contributed by atoms with Gasteiger partial charge < -0.3 is 10.6 Å². The van der Waals surface area contributed by atoms with Crippen molar-refractivity contribution in [2.75, 3.05) is 16.4 Å². The lowest BCUT2D eigenvalue weighted by molar-refractivity contribution is -0.114. The molecule has 0 radical (unpaired) electrons. The molecule has 1 heterocycles. The lowest BCUT2D eigenvalue weighted by Gasteiger charge is -2.08. The number of rotatable bonds is 6. The van der Waals surface area contributed by atoms with E-state index in [0.29, 0.717) is 16.4 Å². The van der Waals surface area contributed by atoms with Crippen LogP contribution in [0.25, 0.3) is 11.3 Å². The van der Waals surface area contributed by atoms with E-state index in [0.717, 1.165) is 16.8 Å². The van der Waals surface area contributed by atoms with E-state index in [-0.39, 0.29) is 17.6 Å². The summed E-state index contributed by atoms with van der Waals surface area (Å²) >= 11 is 1.32. The highest BCUT2D eigenvalue weighted by molar-refractivity contribution is 7.99. The van der Waals surface area contributed by atoms with E-state index in [1.54, 1.807) is 24.3 Å². The number of hydrogen-bond donors (Lipinski definition) is 2. The maximum Gasteiger partial charge on any atom is 0.234 e. The van der Waals surface area contributed by atoms with Gasteiger partial charge in [-0.1, -0.05) is 42.1 Å². The van der Waals surface area contributed by atoms with Crippen molar-refractivity contribution >= 4 is 35.0 Å². The Labute approximate surface area is 167 Å². The molecule has 142 valence electrons. The molecule has 3 rings (SSSR count). The number of aromatic nitrogens is 2. The summed E-state index contributed by atoms with van der Waals surface area (Å²) in [4.78, 5) is 23.3. The molecule has 3 aromatic rings. The Balaban J connectivity index is 1.56. The molecule has 0 aliphatic carbocycles. The van der Waals surface area contributed by atoms with E-state index >= 15 is 0 Å². The second-order valence-electron chi connectivity index (χ2n) is 6.17. The minimum atomic E-state index is -0.160. The van der Waals surface area contributed by atoms with Crippen LogP contribution in [0.1, 0.15) is 12.5 Å². The first-order valence-corrected chi connectivity index (χ1v) is 9.70. The standard InChI is InChI=1S/C21H20N4O2S/c1-14-6-3-4-9-18(14)19-10-11-21(25-24-19)28-13-20(27)23-17-8-5-7-16(12-17)22-15(2)26/h3-12H,13H2,1-2H3,(H,22,26)(H,23,27). The Morgan fingerprint density at radius 3 is 2.36 bits per heavy atom. The molecule has 28 heavy (non-hydrogen) atoms. The molecule has 0 saturated heterocycles. The SMILES string of the molecule is CC(=O)Nc1cccc(NC(=O)CSc2ccc(-c3ccccc3C)nn2)c1. The number of nitrogens with zero attached hydrogens (tertiary/aromatic N) is 2. The molecule has 0 aliphatic heterocycles. The van der Waals surface area contributed by atoms with Crippen molar-refractivity contribution in [1.29, 1.82) is 0 Å². The normalized spacial score (nSPS) is 10.4. The van der Waals surface area contributed by atoms with Gasteiger partial charge in [-0.25, -0.2) is 0 Å². The molecule has 0 saturated carbocycles. The third kappa shape index (κ3) is 5.40. The first-order chi connectivity index (χ1) is 13.5. The number of hydrogen-bond acceptors (Lipinski definition) is 5. The molecule has 0 spiro atoms. The number of carbonyl (C=O) groups is 2. The van der Waals surface area contributed by atoms with Gasteiger partial charge >= 0.3 is 0 Å². The molecule has 0 fully saturated rings. The zero-order chi connectivity index (χ0) is 19.9. The fraction of sp³-hybridized carbons (Fsp3) is 0.143. The molecule has 0 aliphatic rings. The zero-order valence-electron chi connectivity index (χ0n) is 15.6. The van der Waals surface area contributed by atoms with Crippen LogP contribution in [0, 0.1) is 6.92 Å². The predicted molar refractivity (Wildman–Crippen MR) is 112 cm³/mol. The lowest BCUT2D eigenvalue weighted by atomic mass is 10.1. The average Bonchev–Trinajstić information content (AvgIpc) is 2.67. The monoisotopic (exact) mass is 392 g/mol. The second-order valence-corrected chi connectivity index (χ2v) is 7.17. The van der Waals surface area contributed by atoms with Crippen molar-refractivity contribution < 1.29 is 9.59 Å². The van der Waals surface area contributed by atoms with Gasteiger partial charge in [0.25, 0.3) is 0 Å². The Hall–Kier alpha value is -3.19. The van der Waals surface area contributed by atoms with Gasteiger partial charge in [-0.2, -0.15) is 0 Å². The van der Waals surface area contributed by atoms with Crippen LogP contribution in [0.4, 0.5) is 11.4 Å². The minimum absolute atomic E-state index is 0.158. The van der Waals surface area contributed by atoms with E-state index in [4.69, 9.17) is 0 Å². The van der Waals surface area contributed by atoms with Gasteiger partial charge in [0.05, 0.1) is 11.4 Å². The molecule has 2 amide bonds. The third-order valence-electron chi connectivity index (χ3n) is 3.88. The summed E-state index contributed by atoms with van der Waals surface area (Å²) in [5.74, 6) is -0.107. The maximum absolute atomic E-state index is 12.2. The largest absolute Gasteiger partial charge is 0.326 e. The summed E-state index contributed by atoms with van der Waals surface area (Å²) in [6.07, 6.45) is 0. The van der Waals surface area contributed by atoms with E-state index in [1.807, 2.05) is 43.3 Å². The Bertz CT molecular complexity index is 990. The van der Waals surface area contributed by atoms with Crippen LogP contribution >= 0.6 is 11.8 Å². The fourth-order valence-corrected chi connectivity index (χ4v) is 3.23. The van der Waals surface area contributed by atoms with Gasteiger partial charge in [-0.3, -0.25) is 9.59 Å². The van der Waals surface area contributed by atoms with Crippen LogP contribution in [0.2, 0.25) is 0 Å². The summed E-state index contributed by atoms with van der Waals surface area (Å²) in [5, 5.41) is 14.7. The highest BCUT2D eigenvalue weighted by atomic mass is 32.2. The minimum Gasteiger partial charge on any atom is -0.326 e. The van der Waals surface area contributed by atoms with Gasteiger partial charge in [-0.15, -0.1) is 10.2 Å². The Morgan fingerprint density at radius 2 is 1.68 bits per heavy atom. The van der Waals surface area contributed by atoms with Crippen LogP contribution < -0.4 is 10.6 Å². The number of anilines is 2. The van der Waals surface area contributed by atoms with Crippen molar-refractivity contribution in [3.05, 3.63) is 66.2 Å². The summed E-state index contributed by atoms with van der Waals surface area (Å²) in [6, 6.07) is 18.8. The summed E-state index contributed by atoms with van der Waals surface area (Å²) in [6.45, 7) is 3.47. The molecule has 2 aromatic carbocycles. The van der Waals surface area contributed by atoms with E-state index in [1.165, 1.54) is 18.7 Å². The molecule has 0 unspecified atom stereocenters. The van der Waals surface area contributed by atoms with Gasteiger partial charge in [0.2, 0.25) is 11.8 Å². The number of nitrogens with one attached hydrogen (secondary N) is 2. The number of thioether (sulfide) groups is 1. The van der Waals surface area contributed by atoms with Crippen molar-refractivity contribution in [1.82, 2.24) is 10.2 Å². The fourth-order valence-electron chi connectivity index (χ4n) is 2.62. The summed E-state index contributed by atoms with van der Waals surface area (Å²) in [5.41, 5.74) is 4.25. The molecular formula is C21H20N4O2S. The zero-order valence-corrected chi connectivity index (χ0v) is 16.4. The molecule has 0 atom stereocenters. The van der Waals surface area contributed by atoms with Crippen molar-refractivity contribution in [2.24, 2.45) is 0 Å². The quantitative estimate of drug-likeness (QED) is 0.616. The molecule has 7 heteroatoms. The maximum atomic E-state index is 12.2. The topological polar surface area (TPSA) is 84.0 Å². The lowest BCUT2D eigenvalue weighted by Crippen LogP contribution is -2.14. The highest BCUT2D eigenvalue weighted by Crippen LogP contribution is 2.23. The molecule has 0 bridgehead atoms. The van der Waals surface area contributed by atoms with Crippen LogP contribution in [0.3, 0.4) is 0 Å². The van der Waals surface area contributed by atoms with Crippen LogP contribution in [-0.4, -0.2) is 27.8 Å². The van der Waals surface area contributed by atoms with Crippen molar-refractivity contribution in [2.45, 2.75) is 18.9 Å². The Morgan fingerprint density at radius 1 is 0.929 bits per heavy atom. The second kappa shape index (κ2) is 9.14. The van der Waals surface area contributed by atoms with Gasteiger partial charge in [-0.05, 0) is 42.8 Å². The summed E-state index contributed by atoms with van der Waals surface area (Å²) < 4.78 is 0. The van der Waals surface area contributed by atoms with Crippen LogP contribution in [-0.2, 0) is 9.59 Å². The number of benzene rings is 2. The molecule has 1 aromatic heterocycles. The van der Waals surface area contributed by atoms with Gasteiger partial charge in [0.15, 0.2) is 0 Å². The van der Waals surface area contributed by atoms with Crippen molar-refractivity contribution in [3.8, 4) is 11.3 Å². The Kier molecular flexibility index (Phi) is 6.39. The first kappa shape index (κ1) is 19.6. The molecule has 6 nitrogen and oxygen atoms in total. The smallest absolute Gasteiger partial charge is 0.234 e. The van der Waals surface area contributed by atoms with Crippen molar-refractivity contribution in [3.63, 3.8) is 0 Å². The first-order valence-electron chi connectivity index (χ1n) is 8.71. The molecular weight excluding hydrogens is 372 g/mol. The number of aryl methyl sites for hydroxylation is 1. The predicted octanol–water partition coefficient (Wildman–Crippen LogP) is 4.14. The van der Waals surface area contributed by atoms with Crippen LogP contribution in [0.15, 0.2) is 65.7 Å². The van der Waals surface area contributed by atoms with E-state index in [9.17, 15) is 9.59 Å². The number of amides is 2. The van der Waals surface area contributed by atoms with E-state index in [2.05, 4.69) is 20.8 Å². The number of carbonyl (C=O) groups excluding carboxylic acids is 2. The van der Waals surface area contributed by atoms with Gasteiger partial charge in [0.1, 0.15) is 5.03 Å². The average molecular weight is 392 g/mol. The summed E-state index contributed by atoms with van der Waals surface area (Å²) in [7, 11) is 0. The highest BCUT2D eigenvalue weighted by Gasteiger charge is 2.08. The third-order valence-corrected chi connectivity index (χ3v) is 4.80. The van der Waals surface area contributed by atoms with Crippen LogP contribution in [0.5, 0.6) is 0 Å². The van der Waals surface area contributed by atoms with Gasteiger partial charge in [0, 0.05) is 23.9 Å². The van der Waals surface area contributed by atoms with E-state index < -0.39 is 0 Å². The molecule has 2 N–H and O–H groups in total.